The van der Waals surface area contributed by atoms with Gasteiger partial charge in [0.15, 0.2) is 0 Å². The van der Waals surface area contributed by atoms with Crippen LogP contribution in [-0.4, -0.2) is 34.5 Å². The quantitative estimate of drug-likeness (QED) is 0.804. The number of carbonyl (C=O) groups is 2. The first-order chi connectivity index (χ1) is 8.18. The zero-order valence-electron chi connectivity index (χ0n) is 9.85. The van der Waals surface area contributed by atoms with E-state index in [1.165, 1.54) is 0 Å². The second kappa shape index (κ2) is 5.76. The Morgan fingerprint density at radius 3 is 2.41 bits per heavy atom. The molecule has 1 amide bonds. The van der Waals surface area contributed by atoms with Crippen molar-refractivity contribution in [3.05, 3.63) is 0 Å². The van der Waals surface area contributed by atoms with Crippen molar-refractivity contribution in [2.75, 3.05) is 11.5 Å². The molecule has 3 unspecified atom stereocenters. The van der Waals surface area contributed by atoms with Gasteiger partial charge in [-0.3, -0.25) is 9.59 Å². The Morgan fingerprint density at radius 2 is 1.82 bits per heavy atom. The van der Waals surface area contributed by atoms with Gasteiger partial charge >= 0.3 is 5.97 Å². The monoisotopic (exact) mass is 257 g/mol. The van der Waals surface area contributed by atoms with E-state index in [-0.39, 0.29) is 17.9 Å². The number of carboxylic acid groups (broad SMARTS) is 1. The lowest BCUT2D eigenvalue weighted by molar-refractivity contribution is -0.149. The number of nitrogens with one attached hydrogen (secondary N) is 1. The van der Waals surface area contributed by atoms with Gasteiger partial charge in [0.25, 0.3) is 0 Å². The molecule has 1 saturated heterocycles. The van der Waals surface area contributed by atoms with Crippen molar-refractivity contribution < 1.29 is 14.7 Å². The molecule has 4 nitrogen and oxygen atoms in total. The minimum atomic E-state index is -0.814. The molecule has 2 rings (SSSR count). The highest BCUT2D eigenvalue weighted by atomic mass is 32.2. The van der Waals surface area contributed by atoms with Gasteiger partial charge in [0.05, 0.1) is 11.8 Å². The predicted molar refractivity (Wildman–Crippen MR) is 67.0 cm³/mol. The smallest absolute Gasteiger partial charge is 0.307 e. The van der Waals surface area contributed by atoms with Gasteiger partial charge in [-0.05, 0) is 25.0 Å². The van der Waals surface area contributed by atoms with Crippen LogP contribution in [0.2, 0.25) is 0 Å². The van der Waals surface area contributed by atoms with Crippen molar-refractivity contribution in [2.24, 2.45) is 11.8 Å². The van der Waals surface area contributed by atoms with Crippen molar-refractivity contribution in [1.82, 2.24) is 5.32 Å². The predicted octanol–water partition coefficient (Wildman–Crippen LogP) is 1.50. The third-order valence-electron chi connectivity index (χ3n) is 3.70. The number of aliphatic carboxylic acids is 1. The molecule has 0 spiro atoms. The molecule has 5 heteroatoms. The molecule has 17 heavy (non-hydrogen) atoms. The SMILES string of the molecule is O=C(O)C1CCCCC1C(=O)NC1CCSC1. The van der Waals surface area contributed by atoms with Crippen molar-refractivity contribution in [1.29, 1.82) is 0 Å². The number of carbonyl (C=O) groups excluding carboxylic acids is 1. The number of rotatable bonds is 3. The van der Waals surface area contributed by atoms with Crippen LogP contribution in [0, 0.1) is 11.8 Å². The van der Waals surface area contributed by atoms with E-state index in [0.717, 1.165) is 37.2 Å². The molecular formula is C12H19NO3S. The van der Waals surface area contributed by atoms with E-state index in [4.69, 9.17) is 5.11 Å². The fourth-order valence-electron chi connectivity index (χ4n) is 2.70. The molecule has 96 valence electrons. The van der Waals surface area contributed by atoms with Gasteiger partial charge in [-0.25, -0.2) is 0 Å². The number of hydrogen-bond acceptors (Lipinski definition) is 3. The second-order valence-electron chi connectivity index (χ2n) is 4.90. The Balaban J connectivity index is 1.93. The van der Waals surface area contributed by atoms with Crippen molar-refractivity contribution in [2.45, 2.75) is 38.1 Å². The number of thioether (sulfide) groups is 1. The number of amides is 1. The van der Waals surface area contributed by atoms with Crippen LogP contribution >= 0.6 is 11.8 Å². The molecule has 0 aromatic carbocycles. The molecule has 0 bridgehead atoms. The summed E-state index contributed by atoms with van der Waals surface area (Å²) >= 11 is 1.85. The molecule has 1 heterocycles. The van der Waals surface area contributed by atoms with E-state index in [9.17, 15) is 9.59 Å². The highest BCUT2D eigenvalue weighted by Crippen LogP contribution is 2.31. The van der Waals surface area contributed by atoms with Gasteiger partial charge in [0, 0.05) is 11.8 Å². The minimum Gasteiger partial charge on any atom is -0.481 e. The van der Waals surface area contributed by atoms with E-state index in [1.54, 1.807) is 0 Å². The van der Waals surface area contributed by atoms with Crippen LogP contribution in [0.3, 0.4) is 0 Å². The molecular weight excluding hydrogens is 238 g/mol. The molecule has 1 aliphatic heterocycles. The van der Waals surface area contributed by atoms with Crippen molar-refractivity contribution in [3.63, 3.8) is 0 Å². The molecule has 1 aliphatic carbocycles. The summed E-state index contributed by atoms with van der Waals surface area (Å²) in [6, 6.07) is 0.254. The zero-order valence-corrected chi connectivity index (χ0v) is 10.7. The van der Waals surface area contributed by atoms with E-state index in [0.29, 0.717) is 6.42 Å². The van der Waals surface area contributed by atoms with Crippen LogP contribution in [0.25, 0.3) is 0 Å². The van der Waals surface area contributed by atoms with Crippen molar-refractivity contribution in [3.8, 4) is 0 Å². The summed E-state index contributed by atoms with van der Waals surface area (Å²) in [5.74, 6) is 0.425. The van der Waals surface area contributed by atoms with E-state index in [1.807, 2.05) is 11.8 Å². The van der Waals surface area contributed by atoms with Gasteiger partial charge < -0.3 is 10.4 Å². The van der Waals surface area contributed by atoms with Crippen LogP contribution in [-0.2, 0) is 9.59 Å². The summed E-state index contributed by atoms with van der Waals surface area (Å²) in [5, 5.41) is 12.1. The average molecular weight is 257 g/mol. The maximum Gasteiger partial charge on any atom is 0.307 e. The Bertz CT molecular complexity index is 302. The lowest BCUT2D eigenvalue weighted by Crippen LogP contribution is -2.44. The Labute approximate surface area is 106 Å². The van der Waals surface area contributed by atoms with Gasteiger partial charge in [-0.15, -0.1) is 0 Å². The summed E-state index contributed by atoms with van der Waals surface area (Å²) in [4.78, 5) is 23.2. The maximum atomic E-state index is 12.1. The lowest BCUT2D eigenvalue weighted by Gasteiger charge is -2.28. The lowest BCUT2D eigenvalue weighted by atomic mass is 9.78. The highest BCUT2D eigenvalue weighted by Gasteiger charge is 2.36. The number of hydrogen-bond donors (Lipinski definition) is 2. The van der Waals surface area contributed by atoms with Gasteiger partial charge in [-0.2, -0.15) is 11.8 Å². The fraction of sp³-hybridized carbons (Fsp3) is 0.833. The largest absolute Gasteiger partial charge is 0.481 e. The minimum absolute atomic E-state index is 0.0374. The van der Waals surface area contributed by atoms with Gasteiger partial charge in [-0.1, -0.05) is 12.8 Å². The normalized spacial score (nSPS) is 33.3. The zero-order chi connectivity index (χ0) is 12.3. The Hall–Kier alpha value is -0.710. The van der Waals surface area contributed by atoms with Crippen LogP contribution < -0.4 is 5.32 Å². The van der Waals surface area contributed by atoms with Crippen molar-refractivity contribution >= 4 is 23.6 Å². The molecule has 0 aromatic heterocycles. The van der Waals surface area contributed by atoms with Gasteiger partial charge in [0.2, 0.25) is 5.91 Å². The molecule has 2 aliphatic rings. The molecule has 2 N–H and O–H groups in total. The maximum absolute atomic E-state index is 12.1. The van der Waals surface area contributed by atoms with E-state index >= 15 is 0 Å². The third kappa shape index (κ3) is 3.15. The molecule has 1 saturated carbocycles. The summed E-state index contributed by atoms with van der Waals surface area (Å²) in [6.45, 7) is 0. The first-order valence-electron chi connectivity index (χ1n) is 6.29. The first kappa shape index (κ1) is 12.7. The summed E-state index contributed by atoms with van der Waals surface area (Å²) in [6.07, 6.45) is 4.29. The highest BCUT2D eigenvalue weighted by molar-refractivity contribution is 7.99. The van der Waals surface area contributed by atoms with Crippen LogP contribution in [0.5, 0.6) is 0 Å². The summed E-state index contributed by atoms with van der Waals surface area (Å²) < 4.78 is 0. The van der Waals surface area contributed by atoms with Gasteiger partial charge in [0.1, 0.15) is 0 Å². The second-order valence-corrected chi connectivity index (χ2v) is 6.05. The Kier molecular flexibility index (Phi) is 4.31. The van der Waals surface area contributed by atoms with E-state index < -0.39 is 11.9 Å². The summed E-state index contributed by atoms with van der Waals surface area (Å²) in [7, 11) is 0. The van der Waals surface area contributed by atoms with E-state index in [2.05, 4.69) is 5.32 Å². The Morgan fingerprint density at radius 1 is 1.12 bits per heavy atom. The standard InChI is InChI=1S/C12H19NO3S/c14-11(13-8-5-6-17-7-8)9-3-1-2-4-10(9)12(15)16/h8-10H,1-7H2,(H,13,14)(H,15,16). The molecule has 2 fully saturated rings. The molecule has 0 aromatic rings. The topological polar surface area (TPSA) is 66.4 Å². The molecule has 0 radical (unpaired) electrons. The average Bonchev–Trinajstić information content (AvgIpc) is 2.81. The van der Waals surface area contributed by atoms with Crippen LogP contribution in [0.1, 0.15) is 32.1 Å². The molecule has 3 atom stereocenters. The van der Waals surface area contributed by atoms with Crippen LogP contribution in [0.4, 0.5) is 0 Å². The van der Waals surface area contributed by atoms with Crippen LogP contribution in [0.15, 0.2) is 0 Å². The summed E-state index contributed by atoms with van der Waals surface area (Å²) in [5.41, 5.74) is 0. The fourth-order valence-corrected chi connectivity index (χ4v) is 3.85. The first-order valence-corrected chi connectivity index (χ1v) is 7.45. The number of carboxylic acids is 1. The third-order valence-corrected chi connectivity index (χ3v) is 4.86.